The van der Waals surface area contributed by atoms with Crippen LogP contribution in [0, 0.1) is 0 Å². The Hall–Kier alpha value is -4.15. The number of carbonyl (C=O) groups excluding carboxylic acids is 3. The van der Waals surface area contributed by atoms with E-state index in [-0.39, 0.29) is 18.8 Å². The summed E-state index contributed by atoms with van der Waals surface area (Å²) >= 11 is 0. The third-order valence-electron chi connectivity index (χ3n) is 5.21. The molecule has 3 rings (SSSR count). The molecule has 2 aromatic heterocycles. The number of nitrogens with two attached hydrogens (primary N) is 1. The molecule has 2 heterocycles. The molecule has 0 aliphatic rings. The maximum Gasteiger partial charge on any atom is 0.328 e. The zero-order chi connectivity index (χ0) is 24.0. The van der Waals surface area contributed by atoms with Crippen LogP contribution in [0.15, 0.2) is 35.3 Å². The van der Waals surface area contributed by atoms with Crippen LogP contribution in [0.4, 0.5) is 5.95 Å². The molecule has 1 atom stereocenters. The number of H-pyrrole nitrogens is 2. The molecule has 0 saturated heterocycles. The van der Waals surface area contributed by atoms with Crippen molar-refractivity contribution in [3.63, 3.8) is 0 Å². The zero-order valence-electron chi connectivity index (χ0n) is 18.3. The largest absolute Gasteiger partial charge is 0.469 e. The smallest absolute Gasteiger partial charge is 0.328 e. The Morgan fingerprint density at radius 2 is 1.85 bits per heavy atom. The Kier molecular flexibility index (Phi) is 7.44. The van der Waals surface area contributed by atoms with E-state index in [4.69, 9.17) is 10.5 Å². The van der Waals surface area contributed by atoms with Crippen LogP contribution in [0.5, 0.6) is 0 Å². The summed E-state index contributed by atoms with van der Waals surface area (Å²) in [6.07, 6.45) is 2.98. The standard InChI is InChI=1S/C22H25N5O6/c1-32-16(28)10-9-15(21(31)33-2)25-19(29)13-6-3-12(4-7-13)5-8-14-11-24-18-17(14)20(30)27-22(23)26-18/h3-4,6-7,11,15H,5,8-10H2,1-2H3,(H,25,29)(H4,23,24,26,27,30). The molecule has 11 nitrogen and oxygen atoms in total. The molecule has 33 heavy (non-hydrogen) atoms. The maximum atomic E-state index is 12.6. The number of anilines is 1. The maximum absolute atomic E-state index is 12.6. The number of nitrogens with one attached hydrogen (secondary N) is 3. The summed E-state index contributed by atoms with van der Waals surface area (Å²) in [5.74, 6) is -1.55. The highest BCUT2D eigenvalue weighted by molar-refractivity contribution is 5.96. The van der Waals surface area contributed by atoms with Crippen molar-refractivity contribution in [1.29, 1.82) is 0 Å². The van der Waals surface area contributed by atoms with Crippen molar-refractivity contribution < 1.29 is 23.9 Å². The molecule has 0 fully saturated rings. The molecule has 174 valence electrons. The van der Waals surface area contributed by atoms with Gasteiger partial charge in [0.1, 0.15) is 11.7 Å². The van der Waals surface area contributed by atoms with Crippen molar-refractivity contribution in [2.45, 2.75) is 31.7 Å². The van der Waals surface area contributed by atoms with Crippen molar-refractivity contribution in [3.05, 3.63) is 57.5 Å². The van der Waals surface area contributed by atoms with Gasteiger partial charge in [0.2, 0.25) is 5.95 Å². The van der Waals surface area contributed by atoms with E-state index in [9.17, 15) is 19.2 Å². The van der Waals surface area contributed by atoms with Gasteiger partial charge >= 0.3 is 11.9 Å². The highest BCUT2D eigenvalue weighted by atomic mass is 16.5. The average molecular weight is 455 g/mol. The van der Waals surface area contributed by atoms with E-state index in [1.165, 1.54) is 14.2 Å². The molecular formula is C22H25N5O6. The number of ether oxygens (including phenoxy) is 2. The van der Waals surface area contributed by atoms with Gasteiger partial charge < -0.3 is 30.5 Å². The number of nitrogens with zero attached hydrogens (tertiary/aromatic N) is 1. The van der Waals surface area contributed by atoms with Gasteiger partial charge in [0.05, 0.1) is 19.6 Å². The van der Waals surface area contributed by atoms with E-state index >= 15 is 0 Å². The molecule has 3 aromatic rings. The van der Waals surface area contributed by atoms with Gasteiger partial charge in [0.25, 0.3) is 11.5 Å². The second kappa shape index (κ2) is 10.4. The SMILES string of the molecule is COC(=O)CCC(NC(=O)c1ccc(CCc2c[nH]c3[nH]c(N)nc(=O)c23)cc1)C(=O)OC. The van der Waals surface area contributed by atoms with E-state index in [1.807, 2.05) is 0 Å². The molecule has 0 radical (unpaired) electrons. The topological polar surface area (TPSA) is 169 Å². The lowest BCUT2D eigenvalue weighted by molar-refractivity contribution is -0.144. The second-order valence-corrected chi connectivity index (χ2v) is 7.35. The zero-order valence-corrected chi connectivity index (χ0v) is 18.3. The first kappa shape index (κ1) is 23.5. The Labute approximate surface area is 188 Å². The monoisotopic (exact) mass is 455 g/mol. The van der Waals surface area contributed by atoms with Crippen molar-refractivity contribution >= 4 is 34.8 Å². The number of benzene rings is 1. The number of amides is 1. The van der Waals surface area contributed by atoms with Gasteiger partial charge in [0, 0.05) is 18.2 Å². The second-order valence-electron chi connectivity index (χ2n) is 7.35. The summed E-state index contributed by atoms with van der Waals surface area (Å²) < 4.78 is 9.27. The minimum atomic E-state index is -0.969. The first-order valence-electron chi connectivity index (χ1n) is 10.2. The van der Waals surface area contributed by atoms with E-state index in [1.54, 1.807) is 30.5 Å². The van der Waals surface area contributed by atoms with Crippen LogP contribution in [-0.2, 0) is 31.9 Å². The van der Waals surface area contributed by atoms with E-state index in [0.29, 0.717) is 29.4 Å². The fourth-order valence-electron chi connectivity index (χ4n) is 3.42. The van der Waals surface area contributed by atoms with Crippen molar-refractivity contribution in [2.75, 3.05) is 20.0 Å². The molecule has 1 amide bonds. The Morgan fingerprint density at radius 1 is 1.12 bits per heavy atom. The van der Waals surface area contributed by atoms with Crippen LogP contribution >= 0.6 is 0 Å². The number of aromatic amines is 2. The Balaban J connectivity index is 1.63. The lowest BCUT2D eigenvalue weighted by Gasteiger charge is -2.16. The van der Waals surface area contributed by atoms with E-state index in [0.717, 1.165) is 11.1 Å². The number of aromatic nitrogens is 3. The number of carbonyl (C=O) groups is 3. The van der Waals surface area contributed by atoms with Gasteiger partial charge in [-0.1, -0.05) is 12.1 Å². The van der Waals surface area contributed by atoms with Crippen LogP contribution in [0.1, 0.15) is 34.3 Å². The number of rotatable bonds is 9. The fourth-order valence-corrected chi connectivity index (χ4v) is 3.42. The van der Waals surface area contributed by atoms with E-state index < -0.39 is 29.4 Å². The number of aryl methyl sites for hydroxylation is 2. The number of nitrogen functional groups attached to an aromatic ring is 1. The molecular weight excluding hydrogens is 430 g/mol. The molecule has 0 saturated carbocycles. The summed E-state index contributed by atoms with van der Waals surface area (Å²) in [6, 6.07) is 5.91. The average Bonchev–Trinajstić information content (AvgIpc) is 3.22. The van der Waals surface area contributed by atoms with Gasteiger partial charge in [-0.15, -0.1) is 0 Å². The third-order valence-corrected chi connectivity index (χ3v) is 5.21. The molecule has 1 aromatic carbocycles. The van der Waals surface area contributed by atoms with Gasteiger partial charge in [-0.25, -0.2) is 4.79 Å². The quantitative estimate of drug-likeness (QED) is 0.344. The number of fused-ring (bicyclic) bond motifs is 1. The molecule has 5 N–H and O–H groups in total. The van der Waals surface area contributed by atoms with Gasteiger partial charge in [-0.05, 0) is 42.5 Å². The Bertz CT molecular complexity index is 1210. The van der Waals surface area contributed by atoms with Crippen LogP contribution in [0.3, 0.4) is 0 Å². The summed E-state index contributed by atoms with van der Waals surface area (Å²) in [4.78, 5) is 57.5. The highest BCUT2D eigenvalue weighted by Crippen LogP contribution is 2.16. The normalized spacial score (nSPS) is 11.7. The van der Waals surface area contributed by atoms with Crippen LogP contribution < -0.4 is 16.6 Å². The minimum Gasteiger partial charge on any atom is -0.469 e. The fraction of sp³-hybridized carbons (Fsp3) is 0.318. The Morgan fingerprint density at radius 3 is 2.52 bits per heavy atom. The predicted molar refractivity (Wildman–Crippen MR) is 119 cm³/mol. The summed E-state index contributed by atoms with van der Waals surface area (Å²) in [7, 11) is 2.46. The first-order valence-corrected chi connectivity index (χ1v) is 10.2. The third kappa shape index (κ3) is 5.76. The van der Waals surface area contributed by atoms with Crippen LogP contribution in [0.25, 0.3) is 11.0 Å². The lowest BCUT2D eigenvalue weighted by atomic mass is 10.0. The first-order chi connectivity index (χ1) is 15.8. The number of methoxy groups -OCH3 is 2. The van der Waals surface area contributed by atoms with Crippen molar-refractivity contribution in [3.8, 4) is 0 Å². The molecule has 0 aliphatic heterocycles. The molecule has 11 heteroatoms. The molecule has 0 aliphatic carbocycles. The molecule has 0 bridgehead atoms. The van der Waals surface area contributed by atoms with Crippen LogP contribution in [-0.4, -0.2) is 53.1 Å². The van der Waals surface area contributed by atoms with Gasteiger partial charge in [0.15, 0.2) is 0 Å². The molecule has 1 unspecified atom stereocenters. The van der Waals surface area contributed by atoms with Crippen LogP contribution in [0.2, 0.25) is 0 Å². The predicted octanol–water partition coefficient (Wildman–Crippen LogP) is 0.843. The van der Waals surface area contributed by atoms with Crippen molar-refractivity contribution in [2.24, 2.45) is 0 Å². The van der Waals surface area contributed by atoms with Gasteiger partial charge in [-0.3, -0.25) is 14.4 Å². The number of hydrogen-bond acceptors (Lipinski definition) is 8. The number of hydrogen-bond donors (Lipinski definition) is 4. The highest BCUT2D eigenvalue weighted by Gasteiger charge is 2.23. The minimum absolute atomic E-state index is 0.0335. The summed E-state index contributed by atoms with van der Waals surface area (Å²) in [5, 5.41) is 3.06. The van der Waals surface area contributed by atoms with E-state index in [2.05, 4.69) is 25.0 Å². The summed E-state index contributed by atoms with van der Waals surface area (Å²) in [6.45, 7) is 0. The lowest BCUT2D eigenvalue weighted by Crippen LogP contribution is -2.41. The number of esters is 2. The summed E-state index contributed by atoms with van der Waals surface area (Å²) in [5.41, 5.74) is 7.82. The van der Waals surface area contributed by atoms with Crippen molar-refractivity contribution in [1.82, 2.24) is 20.3 Å². The molecule has 0 spiro atoms. The van der Waals surface area contributed by atoms with Gasteiger partial charge in [-0.2, -0.15) is 4.98 Å².